The molecule has 0 radical (unpaired) electrons. The minimum Gasteiger partial charge on any atom is -0.306 e. The number of pyridine rings is 1. The molecule has 0 spiro atoms. The van der Waals surface area contributed by atoms with Gasteiger partial charge in [0.1, 0.15) is 0 Å². The van der Waals surface area contributed by atoms with Gasteiger partial charge in [-0.2, -0.15) is 0 Å². The first kappa shape index (κ1) is 11.4. The van der Waals surface area contributed by atoms with Crippen LogP contribution in [0.2, 0.25) is 0 Å². The number of hydrogen-bond acceptors (Lipinski definition) is 3. The number of aryl methyl sites for hydroxylation is 1. The highest BCUT2D eigenvalue weighted by Gasteiger charge is 2.10. The van der Waals surface area contributed by atoms with Crippen molar-refractivity contribution in [3.63, 3.8) is 0 Å². The minimum absolute atomic E-state index is 0.338. The molecule has 0 saturated carbocycles. The van der Waals surface area contributed by atoms with Crippen LogP contribution in [0.5, 0.6) is 0 Å². The van der Waals surface area contributed by atoms with E-state index in [9.17, 15) is 9.59 Å². The maximum absolute atomic E-state index is 12.4. The van der Waals surface area contributed by atoms with Crippen molar-refractivity contribution in [2.75, 3.05) is 0 Å². The molecule has 0 aliphatic carbocycles. The molecular weight excluding hydrogens is 242 g/mol. The molecule has 94 valence electrons. The first-order valence-electron chi connectivity index (χ1n) is 5.83. The van der Waals surface area contributed by atoms with Crippen molar-refractivity contribution in [1.29, 1.82) is 0 Å². The second kappa shape index (κ2) is 4.20. The van der Waals surface area contributed by atoms with Crippen molar-refractivity contribution in [2.45, 2.75) is 6.92 Å². The van der Waals surface area contributed by atoms with Crippen LogP contribution in [0.4, 0.5) is 0 Å². The lowest BCUT2D eigenvalue weighted by Gasteiger charge is -2.07. The zero-order chi connectivity index (χ0) is 13.4. The second-order valence-corrected chi connectivity index (χ2v) is 4.28. The molecule has 0 amide bonds. The fourth-order valence-corrected chi connectivity index (χ4v) is 2.11. The first-order valence-corrected chi connectivity index (χ1v) is 5.83. The first-order chi connectivity index (χ1) is 9.18. The molecule has 0 aliphatic heterocycles. The van der Waals surface area contributed by atoms with Crippen molar-refractivity contribution < 1.29 is 0 Å². The van der Waals surface area contributed by atoms with Crippen LogP contribution < -0.4 is 11.2 Å². The third kappa shape index (κ3) is 1.76. The van der Waals surface area contributed by atoms with Crippen LogP contribution in [0.15, 0.2) is 52.3 Å². The van der Waals surface area contributed by atoms with Gasteiger partial charge in [0.2, 0.25) is 0 Å². The molecular formula is C14H11N3O2. The van der Waals surface area contributed by atoms with Gasteiger partial charge >= 0.3 is 5.69 Å². The summed E-state index contributed by atoms with van der Waals surface area (Å²) in [6.45, 7) is 1.85. The molecule has 2 aromatic heterocycles. The van der Waals surface area contributed by atoms with E-state index in [-0.39, 0.29) is 5.56 Å². The number of fused-ring (bicyclic) bond motifs is 1. The summed E-state index contributed by atoms with van der Waals surface area (Å²) in [5, 5.41) is 0.489. The highest BCUT2D eigenvalue weighted by molar-refractivity contribution is 5.80. The van der Waals surface area contributed by atoms with E-state index in [1.165, 1.54) is 6.20 Å². The number of nitrogens with zero attached hydrogens (tertiary/aromatic N) is 2. The summed E-state index contributed by atoms with van der Waals surface area (Å²) in [6, 6.07) is 8.71. The number of para-hydroxylation sites is 1. The van der Waals surface area contributed by atoms with E-state index in [0.29, 0.717) is 16.6 Å². The van der Waals surface area contributed by atoms with Gasteiger partial charge in [0.15, 0.2) is 0 Å². The average molecular weight is 253 g/mol. The van der Waals surface area contributed by atoms with Crippen LogP contribution in [-0.2, 0) is 0 Å². The maximum Gasteiger partial charge on any atom is 0.333 e. The summed E-state index contributed by atoms with van der Waals surface area (Å²) in [7, 11) is 0. The summed E-state index contributed by atoms with van der Waals surface area (Å²) in [5.74, 6) is 0. The fraction of sp³-hybridized carbons (Fsp3) is 0.0714. The molecule has 2 heterocycles. The normalized spacial score (nSPS) is 10.8. The monoisotopic (exact) mass is 253 g/mol. The Balaban J connectivity index is 2.47. The van der Waals surface area contributed by atoms with E-state index in [1.807, 2.05) is 13.0 Å². The number of rotatable bonds is 1. The number of aromatic amines is 1. The van der Waals surface area contributed by atoms with Crippen LogP contribution in [0.3, 0.4) is 0 Å². The molecule has 19 heavy (non-hydrogen) atoms. The van der Waals surface area contributed by atoms with Gasteiger partial charge in [0.05, 0.1) is 22.8 Å². The van der Waals surface area contributed by atoms with E-state index in [0.717, 1.165) is 10.1 Å². The van der Waals surface area contributed by atoms with Gasteiger partial charge in [-0.1, -0.05) is 12.1 Å². The standard InChI is InChI=1S/C14H11N3O2/c1-9-4-2-6-11-12(9)16-14(19)17(13(11)18)10-5-3-7-15-8-10/h2-8H,1H3,(H,16,19). The quantitative estimate of drug-likeness (QED) is 0.712. The Bertz CT molecular complexity index is 863. The molecule has 0 unspecified atom stereocenters. The lowest BCUT2D eigenvalue weighted by atomic mass is 10.1. The van der Waals surface area contributed by atoms with Gasteiger partial charge < -0.3 is 4.98 Å². The maximum atomic E-state index is 12.4. The zero-order valence-electron chi connectivity index (χ0n) is 10.3. The van der Waals surface area contributed by atoms with Crippen molar-refractivity contribution in [3.8, 4) is 5.69 Å². The van der Waals surface area contributed by atoms with Crippen molar-refractivity contribution >= 4 is 10.9 Å². The van der Waals surface area contributed by atoms with E-state index in [2.05, 4.69) is 9.97 Å². The van der Waals surface area contributed by atoms with Crippen LogP contribution in [0.25, 0.3) is 16.6 Å². The SMILES string of the molecule is Cc1cccc2c(=O)n(-c3cccnc3)c(=O)[nH]c12. The number of benzene rings is 1. The van der Waals surface area contributed by atoms with E-state index in [4.69, 9.17) is 0 Å². The summed E-state index contributed by atoms with van der Waals surface area (Å²) in [6.07, 6.45) is 3.08. The van der Waals surface area contributed by atoms with Gasteiger partial charge in [-0.05, 0) is 30.7 Å². The topological polar surface area (TPSA) is 67.8 Å². The Kier molecular flexibility index (Phi) is 2.52. The Morgan fingerprint density at radius 2 is 2.00 bits per heavy atom. The molecule has 5 heteroatoms. The lowest BCUT2D eigenvalue weighted by Crippen LogP contribution is -2.33. The average Bonchev–Trinajstić information content (AvgIpc) is 2.41. The molecule has 5 nitrogen and oxygen atoms in total. The molecule has 0 fully saturated rings. The van der Waals surface area contributed by atoms with Crippen LogP contribution >= 0.6 is 0 Å². The highest BCUT2D eigenvalue weighted by Crippen LogP contribution is 2.11. The molecule has 3 aromatic rings. The number of hydrogen-bond donors (Lipinski definition) is 1. The predicted octanol–water partition coefficient (Wildman–Crippen LogP) is 1.38. The Hall–Kier alpha value is -2.69. The van der Waals surface area contributed by atoms with Gasteiger partial charge in [0.25, 0.3) is 5.56 Å². The number of aromatic nitrogens is 3. The van der Waals surface area contributed by atoms with Gasteiger partial charge in [-0.25, -0.2) is 9.36 Å². The molecule has 0 bridgehead atoms. The number of H-pyrrole nitrogens is 1. The molecule has 0 atom stereocenters. The molecule has 0 aliphatic rings. The Morgan fingerprint density at radius 3 is 2.74 bits per heavy atom. The van der Waals surface area contributed by atoms with Crippen LogP contribution in [0, 0.1) is 6.92 Å². The van der Waals surface area contributed by atoms with Crippen molar-refractivity contribution in [3.05, 3.63) is 69.1 Å². The summed E-state index contributed by atoms with van der Waals surface area (Å²) in [5.41, 5.74) is 1.11. The van der Waals surface area contributed by atoms with Gasteiger partial charge in [-0.15, -0.1) is 0 Å². The summed E-state index contributed by atoms with van der Waals surface area (Å²) >= 11 is 0. The Morgan fingerprint density at radius 1 is 1.16 bits per heavy atom. The molecule has 1 aromatic carbocycles. The summed E-state index contributed by atoms with van der Waals surface area (Å²) in [4.78, 5) is 31.2. The van der Waals surface area contributed by atoms with Crippen molar-refractivity contribution in [2.24, 2.45) is 0 Å². The zero-order valence-corrected chi connectivity index (χ0v) is 10.3. The minimum atomic E-state index is -0.459. The Labute approximate surface area is 108 Å². The molecule has 3 rings (SSSR count). The largest absolute Gasteiger partial charge is 0.333 e. The molecule has 0 saturated heterocycles. The van der Waals surface area contributed by atoms with E-state index >= 15 is 0 Å². The second-order valence-electron chi connectivity index (χ2n) is 4.28. The third-order valence-corrected chi connectivity index (χ3v) is 3.05. The van der Waals surface area contributed by atoms with E-state index < -0.39 is 5.69 Å². The fourth-order valence-electron chi connectivity index (χ4n) is 2.11. The van der Waals surface area contributed by atoms with E-state index in [1.54, 1.807) is 30.5 Å². The number of nitrogens with one attached hydrogen (secondary N) is 1. The van der Waals surface area contributed by atoms with Crippen molar-refractivity contribution in [1.82, 2.24) is 14.5 Å². The smallest absolute Gasteiger partial charge is 0.306 e. The summed E-state index contributed by atoms with van der Waals surface area (Å²) < 4.78 is 1.09. The van der Waals surface area contributed by atoms with Gasteiger partial charge in [0, 0.05) is 6.20 Å². The molecule has 1 N–H and O–H groups in total. The highest BCUT2D eigenvalue weighted by atomic mass is 16.2. The predicted molar refractivity (Wildman–Crippen MR) is 72.7 cm³/mol. The van der Waals surface area contributed by atoms with Crippen LogP contribution in [-0.4, -0.2) is 14.5 Å². The third-order valence-electron chi connectivity index (χ3n) is 3.05. The lowest BCUT2D eigenvalue weighted by molar-refractivity contribution is 0.893. The van der Waals surface area contributed by atoms with Gasteiger partial charge in [-0.3, -0.25) is 9.78 Å². The van der Waals surface area contributed by atoms with Crippen LogP contribution in [0.1, 0.15) is 5.56 Å².